The molecule has 71 heavy (non-hydrogen) atoms. The van der Waals surface area contributed by atoms with Gasteiger partial charge in [-0.05, 0) is 136 Å². The van der Waals surface area contributed by atoms with Gasteiger partial charge in [0, 0.05) is 38.9 Å². The number of ether oxygens (including phenoxy) is 1. The van der Waals surface area contributed by atoms with E-state index in [1.807, 2.05) is 0 Å². The Balaban J connectivity index is 1.01. The van der Waals surface area contributed by atoms with Gasteiger partial charge in [-0.15, -0.1) is 0 Å². The smallest absolute Gasteiger partial charge is 0.247 e. The van der Waals surface area contributed by atoms with Crippen LogP contribution >= 0.6 is 0 Å². The van der Waals surface area contributed by atoms with Crippen molar-refractivity contribution < 1.29 is 9.15 Å². The summed E-state index contributed by atoms with van der Waals surface area (Å²) >= 11 is 0. The summed E-state index contributed by atoms with van der Waals surface area (Å²) in [5, 5.41) is 14.3. The number of benzene rings is 12. The molecule has 0 unspecified atom stereocenters. The number of hydrogen-bond acceptors (Lipinski definition) is 3. The van der Waals surface area contributed by atoms with Crippen LogP contribution in [-0.2, 0) is 0 Å². The molecule has 4 heteroatoms. The molecular weight excluding hydrogens is 862 g/mol. The fraction of sp³-hybridized carbons (Fsp3) is 0.0746. The van der Waals surface area contributed by atoms with Gasteiger partial charge >= 0.3 is 0 Å². The van der Waals surface area contributed by atoms with Crippen molar-refractivity contribution in [2.75, 3.05) is 4.90 Å². The summed E-state index contributed by atoms with van der Waals surface area (Å²) in [5.41, 5.74) is 17.4. The van der Waals surface area contributed by atoms with Crippen molar-refractivity contribution in [1.82, 2.24) is 0 Å². The Morgan fingerprint density at radius 2 is 1.01 bits per heavy atom. The van der Waals surface area contributed by atoms with E-state index in [2.05, 4.69) is 240 Å². The van der Waals surface area contributed by atoms with E-state index >= 15 is 0 Å². The molecule has 13 aromatic rings. The molecule has 0 amide bonds. The van der Waals surface area contributed by atoms with E-state index in [0.29, 0.717) is 0 Å². The SMILES string of the molecule is Cc1cc(C)c(N(c2ccc3c(c2)Oc2cccc4c2c-3cc2c3ccccc3c(B(c3c(C)cccc3C)c3cccc5c3oc3ccccc35)cc42)c2cc3ccccc3c3ccccc23)c(C)c1. The highest BCUT2D eigenvalue weighted by Gasteiger charge is 2.32. The third kappa shape index (κ3) is 6.24. The molecule has 0 saturated carbocycles. The highest BCUT2D eigenvalue weighted by molar-refractivity contribution is 6.98. The molecule has 0 fully saturated rings. The predicted molar refractivity (Wildman–Crippen MR) is 303 cm³/mol. The predicted octanol–water partition coefficient (Wildman–Crippen LogP) is 16.7. The van der Waals surface area contributed by atoms with E-state index in [9.17, 15) is 0 Å². The third-order valence-electron chi connectivity index (χ3n) is 15.5. The van der Waals surface area contributed by atoms with Gasteiger partial charge in [0.15, 0.2) is 0 Å². The molecule has 0 atom stereocenters. The van der Waals surface area contributed by atoms with Gasteiger partial charge in [0.2, 0.25) is 6.71 Å². The zero-order chi connectivity index (χ0) is 47.6. The number of furan rings is 1. The van der Waals surface area contributed by atoms with Crippen LogP contribution in [0.15, 0.2) is 205 Å². The van der Waals surface area contributed by atoms with Crippen LogP contribution in [0.5, 0.6) is 11.5 Å². The van der Waals surface area contributed by atoms with E-state index in [-0.39, 0.29) is 6.71 Å². The molecular formula is C67H48BNO2. The van der Waals surface area contributed by atoms with E-state index in [4.69, 9.17) is 9.15 Å². The lowest BCUT2D eigenvalue weighted by atomic mass is 9.34. The minimum absolute atomic E-state index is 0.112. The number of aryl methyl sites for hydroxylation is 5. The fourth-order valence-corrected chi connectivity index (χ4v) is 12.6. The van der Waals surface area contributed by atoms with Crippen LogP contribution in [0.2, 0.25) is 0 Å². The Morgan fingerprint density at radius 1 is 0.394 bits per heavy atom. The summed E-state index contributed by atoms with van der Waals surface area (Å²) < 4.78 is 14.0. The van der Waals surface area contributed by atoms with E-state index < -0.39 is 0 Å². The standard InChI is InChI=1S/C67H48BNO2/c1-39-33-42(4)66(43(5)34-39)69(60-35-44-19-6-7-20-46(44)47-21-9-11-24-50(47)60)45-31-32-52-57-37-55-48-22-8-10-23-49(48)59(38-56(55)53-26-16-30-62(64(53)57)70-63(52)36-45)68(65-40(2)17-14-18-41(65)3)58-28-15-27-54-51-25-12-13-29-61(51)71-67(54)58/h6-38H,1-5H3. The van der Waals surface area contributed by atoms with Crippen molar-refractivity contribution >= 4 is 116 Å². The second-order valence-corrected chi connectivity index (χ2v) is 19.8. The molecule has 0 bridgehead atoms. The number of fused-ring (bicyclic) bond motifs is 12. The quantitative estimate of drug-likeness (QED) is 0.123. The Hall–Kier alpha value is -8.60. The first-order valence-corrected chi connectivity index (χ1v) is 24.8. The van der Waals surface area contributed by atoms with Gasteiger partial charge in [0.1, 0.15) is 22.7 Å². The number of anilines is 3. The molecule has 0 spiro atoms. The van der Waals surface area contributed by atoms with Gasteiger partial charge < -0.3 is 14.1 Å². The Morgan fingerprint density at radius 3 is 1.80 bits per heavy atom. The maximum absolute atomic E-state index is 7.17. The lowest BCUT2D eigenvalue weighted by Gasteiger charge is -2.32. The second kappa shape index (κ2) is 15.7. The largest absolute Gasteiger partial charge is 0.457 e. The summed E-state index contributed by atoms with van der Waals surface area (Å²) in [6.45, 7) is 11.1. The molecule has 1 aliphatic heterocycles. The zero-order valence-corrected chi connectivity index (χ0v) is 40.4. The summed E-state index contributed by atoms with van der Waals surface area (Å²) in [6, 6.07) is 73.7. The minimum atomic E-state index is -0.112. The van der Waals surface area contributed by atoms with Gasteiger partial charge in [0.05, 0.1) is 11.4 Å². The van der Waals surface area contributed by atoms with Crippen LogP contribution in [0.4, 0.5) is 17.1 Å². The van der Waals surface area contributed by atoms with Crippen LogP contribution in [0.1, 0.15) is 27.8 Å². The third-order valence-corrected chi connectivity index (χ3v) is 15.5. The van der Waals surface area contributed by atoms with Crippen LogP contribution in [0, 0.1) is 34.6 Å². The van der Waals surface area contributed by atoms with E-state index in [0.717, 1.165) is 61.2 Å². The number of para-hydroxylation sites is 2. The molecule has 14 rings (SSSR count). The Labute approximate surface area is 413 Å². The first-order chi connectivity index (χ1) is 34.8. The molecule has 1 aromatic heterocycles. The van der Waals surface area contributed by atoms with Gasteiger partial charge in [0.25, 0.3) is 0 Å². The number of rotatable bonds is 6. The fourth-order valence-electron chi connectivity index (χ4n) is 12.6. The first kappa shape index (κ1) is 41.4. The number of nitrogens with zero attached hydrogens (tertiary/aromatic N) is 1. The number of hydrogen-bond donors (Lipinski definition) is 0. The lowest BCUT2D eigenvalue weighted by molar-refractivity contribution is 0.487. The minimum Gasteiger partial charge on any atom is -0.457 e. The summed E-state index contributed by atoms with van der Waals surface area (Å²) in [6.07, 6.45) is 0. The van der Waals surface area contributed by atoms with Crippen molar-refractivity contribution in [2.45, 2.75) is 34.6 Å². The molecule has 1 aliphatic rings. The van der Waals surface area contributed by atoms with E-state index in [1.165, 1.54) is 98.5 Å². The molecule has 12 aromatic carbocycles. The normalized spacial score (nSPS) is 12.1. The van der Waals surface area contributed by atoms with Crippen molar-refractivity contribution in [3.05, 3.63) is 228 Å². The van der Waals surface area contributed by atoms with Crippen molar-refractivity contribution in [3.8, 4) is 22.6 Å². The van der Waals surface area contributed by atoms with Crippen LogP contribution in [-0.4, -0.2) is 6.71 Å². The van der Waals surface area contributed by atoms with Crippen LogP contribution < -0.4 is 26.0 Å². The molecule has 0 saturated heterocycles. The first-order valence-electron chi connectivity index (χ1n) is 24.8. The molecule has 0 radical (unpaired) electrons. The van der Waals surface area contributed by atoms with Crippen molar-refractivity contribution in [1.29, 1.82) is 0 Å². The topological polar surface area (TPSA) is 25.6 Å². The van der Waals surface area contributed by atoms with Gasteiger partial charge in [-0.3, -0.25) is 0 Å². The maximum atomic E-state index is 7.17. The van der Waals surface area contributed by atoms with Crippen LogP contribution in [0.25, 0.3) is 86.9 Å². The monoisotopic (exact) mass is 909 g/mol. The molecule has 0 N–H and O–H groups in total. The van der Waals surface area contributed by atoms with Crippen molar-refractivity contribution in [2.24, 2.45) is 0 Å². The van der Waals surface area contributed by atoms with E-state index in [1.54, 1.807) is 0 Å². The average molecular weight is 910 g/mol. The molecule has 2 heterocycles. The van der Waals surface area contributed by atoms with Crippen molar-refractivity contribution in [3.63, 3.8) is 0 Å². The second-order valence-electron chi connectivity index (χ2n) is 19.8. The van der Waals surface area contributed by atoms with Gasteiger partial charge in [-0.1, -0.05) is 185 Å². The van der Waals surface area contributed by atoms with Gasteiger partial charge in [-0.25, -0.2) is 0 Å². The average Bonchev–Trinajstić information content (AvgIpc) is 3.78. The maximum Gasteiger partial charge on any atom is 0.247 e. The summed E-state index contributed by atoms with van der Waals surface area (Å²) in [4.78, 5) is 2.46. The Kier molecular flexibility index (Phi) is 9.16. The van der Waals surface area contributed by atoms with Gasteiger partial charge in [-0.2, -0.15) is 0 Å². The Bertz CT molecular complexity index is 4370. The highest BCUT2D eigenvalue weighted by Crippen LogP contribution is 2.52. The highest BCUT2D eigenvalue weighted by atomic mass is 16.5. The molecule has 3 nitrogen and oxygen atoms in total. The molecule has 336 valence electrons. The summed E-state index contributed by atoms with van der Waals surface area (Å²) in [7, 11) is 0. The van der Waals surface area contributed by atoms with Crippen LogP contribution in [0.3, 0.4) is 0 Å². The summed E-state index contributed by atoms with van der Waals surface area (Å²) in [5.74, 6) is 1.71. The zero-order valence-electron chi connectivity index (χ0n) is 40.4. The lowest BCUT2D eigenvalue weighted by Crippen LogP contribution is -2.54. The molecule has 0 aliphatic carbocycles.